The minimum absolute atomic E-state index is 0.0141. The number of aromatic nitrogens is 4. The Morgan fingerprint density at radius 3 is 2.85 bits per heavy atom. The van der Waals surface area contributed by atoms with Crippen molar-refractivity contribution in [2.24, 2.45) is 5.92 Å². The lowest BCUT2D eigenvalue weighted by atomic mass is 10.2. The molecule has 0 unspecified atom stereocenters. The van der Waals surface area contributed by atoms with Crippen molar-refractivity contribution < 1.29 is 4.79 Å². The Labute approximate surface area is 119 Å². The van der Waals surface area contributed by atoms with Gasteiger partial charge in [-0.3, -0.25) is 14.6 Å². The molecule has 9 heteroatoms. The Hall–Kier alpha value is -2.03. The van der Waals surface area contributed by atoms with Crippen molar-refractivity contribution in [3.8, 4) is 0 Å². The van der Waals surface area contributed by atoms with Gasteiger partial charge in [-0.05, 0) is 5.92 Å². The van der Waals surface area contributed by atoms with E-state index in [0.29, 0.717) is 17.6 Å². The molecule has 0 fully saturated rings. The molecule has 2 aromatic heterocycles. The Bertz CT molecular complexity index is 677. The predicted molar refractivity (Wildman–Crippen MR) is 77.5 cm³/mol. The van der Waals surface area contributed by atoms with E-state index < -0.39 is 0 Å². The van der Waals surface area contributed by atoms with Crippen LogP contribution >= 0.6 is 11.8 Å². The molecule has 8 nitrogen and oxygen atoms in total. The number of aromatic amines is 2. The molecule has 2 aromatic rings. The molecule has 0 spiro atoms. The van der Waals surface area contributed by atoms with E-state index in [1.165, 1.54) is 11.8 Å². The maximum Gasteiger partial charge on any atom is 0.278 e. The van der Waals surface area contributed by atoms with Crippen molar-refractivity contribution in [1.29, 1.82) is 0 Å². The van der Waals surface area contributed by atoms with Gasteiger partial charge in [0, 0.05) is 6.54 Å². The van der Waals surface area contributed by atoms with E-state index in [-0.39, 0.29) is 34.3 Å². The summed E-state index contributed by atoms with van der Waals surface area (Å²) in [6.07, 6.45) is 0. The summed E-state index contributed by atoms with van der Waals surface area (Å²) in [5.41, 5.74) is 5.55. The molecule has 20 heavy (non-hydrogen) atoms. The largest absolute Gasteiger partial charge is 0.369 e. The molecule has 2 heterocycles. The van der Waals surface area contributed by atoms with Crippen LogP contribution in [0, 0.1) is 5.92 Å². The van der Waals surface area contributed by atoms with Crippen LogP contribution in [0.15, 0.2) is 9.95 Å². The quantitative estimate of drug-likeness (QED) is 0.579. The van der Waals surface area contributed by atoms with Gasteiger partial charge in [0.2, 0.25) is 11.9 Å². The second-order valence-electron chi connectivity index (χ2n) is 4.68. The van der Waals surface area contributed by atoms with E-state index in [1.54, 1.807) is 0 Å². The molecular weight excluding hydrogens is 280 g/mol. The van der Waals surface area contributed by atoms with E-state index in [1.807, 2.05) is 13.8 Å². The highest BCUT2D eigenvalue weighted by atomic mass is 32.2. The number of anilines is 1. The molecule has 1 amide bonds. The molecule has 0 saturated heterocycles. The Morgan fingerprint density at radius 2 is 2.15 bits per heavy atom. The zero-order valence-electron chi connectivity index (χ0n) is 11.2. The maximum absolute atomic E-state index is 11.6. The summed E-state index contributed by atoms with van der Waals surface area (Å²) in [5.74, 6) is 0.562. The average Bonchev–Trinajstić information content (AvgIpc) is 2.77. The Morgan fingerprint density at radius 1 is 1.40 bits per heavy atom. The van der Waals surface area contributed by atoms with Crippen LogP contribution in [0.1, 0.15) is 13.8 Å². The van der Waals surface area contributed by atoms with Gasteiger partial charge in [-0.15, -0.1) is 0 Å². The van der Waals surface area contributed by atoms with Crippen LogP contribution in [0.2, 0.25) is 0 Å². The van der Waals surface area contributed by atoms with Gasteiger partial charge in [0.1, 0.15) is 0 Å². The minimum Gasteiger partial charge on any atom is -0.369 e. The summed E-state index contributed by atoms with van der Waals surface area (Å²) < 4.78 is 0. The first-order chi connectivity index (χ1) is 9.45. The number of thioether (sulfide) groups is 1. The number of hydrogen-bond donors (Lipinski definition) is 4. The van der Waals surface area contributed by atoms with Gasteiger partial charge in [-0.1, -0.05) is 25.6 Å². The highest BCUT2D eigenvalue weighted by Gasteiger charge is 2.10. The number of hydrogen-bond acceptors (Lipinski definition) is 6. The number of carbonyl (C=O) groups is 1. The standard InChI is InChI=1S/C11H16N6O2S/c1-5(2)3-13-6(18)4-20-11-14-7-8(16-11)15-10(12)17-9(7)19/h5H,3-4H2,1-2H3,(H,13,18)(H4,12,14,15,16,17,19). The van der Waals surface area contributed by atoms with Crippen LogP contribution in [0.5, 0.6) is 0 Å². The minimum atomic E-state index is -0.379. The number of nitrogens with one attached hydrogen (secondary N) is 3. The maximum atomic E-state index is 11.6. The fraction of sp³-hybridized carbons (Fsp3) is 0.455. The van der Waals surface area contributed by atoms with Crippen LogP contribution in [-0.4, -0.2) is 38.1 Å². The van der Waals surface area contributed by atoms with E-state index in [9.17, 15) is 9.59 Å². The van der Waals surface area contributed by atoms with Crippen LogP contribution in [0.4, 0.5) is 5.95 Å². The molecule has 0 bridgehead atoms. The monoisotopic (exact) mass is 296 g/mol. The van der Waals surface area contributed by atoms with Crippen molar-refractivity contribution in [3.05, 3.63) is 10.4 Å². The summed E-state index contributed by atoms with van der Waals surface area (Å²) in [4.78, 5) is 36.4. The van der Waals surface area contributed by atoms with Crippen molar-refractivity contribution in [1.82, 2.24) is 25.3 Å². The van der Waals surface area contributed by atoms with Gasteiger partial charge < -0.3 is 16.0 Å². The molecule has 2 rings (SSSR count). The number of fused-ring (bicyclic) bond motifs is 1. The number of carbonyl (C=O) groups excluding carboxylic acids is 1. The number of H-pyrrole nitrogens is 2. The average molecular weight is 296 g/mol. The van der Waals surface area contributed by atoms with Crippen LogP contribution < -0.4 is 16.6 Å². The van der Waals surface area contributed by atoms with E-state index in [4.69, 9.17) is 5.73 Å². The lowest BCUT2D eigenvalue weighted by Gasteiger charge is -2.06. The van der Waals surface area contributed by atoms with Crippen LogP contribution in [-0.2, 0) is 4.79 Å². The van der Waals surface area contributed by atoms with Gasteiger partial charge in [0.05, 0.1) is 5.75 Å². The molecule has 0 radical (unpaired) electrons. The van der Waals surface area contributed by atoms with Crippen molar-refractivity contribution in [2.45, 2.75) is 19.0 Å². The molecule has 0 aliphatic heterocycles. The molecule has 0 atom stereocenters. The number of rotatable bonds is 5. The Balaban J connectivity index is 2.02. The molecular formula is C11H16N6O2S. The third-order valence-electron chi connectivity index (χ3n) is 2.41. The fourth-order valence-corrected chi connectivity index (χ4v) is 2.17. The van der Waals surface area contributed by atoms with Crippen LogP contribution in [0.3, 0.4) is 0 Å². The van der Waals surface area contributed by atoms with Gasteiger partial charge in [0.15, 0.2) is 16.3 Å². The van der Waals surface area contributed by atoms with E-state index >= 15 is 0 Å². The topological polar surface area (TPSA) is 130 Å². The molecule has 0 aromatic carbocycles. The molecule has 5 N–H and O–H groups in total. The predicted octanol–water partition coefficient (Wildman–Crippen LogP) is 0.0927. The van der Waals surface area contributed by atoms with Gasteiger partial charge in [0.25, 0.3) is 5.56 Å². The summed E-state index contributed by atoms with van der Waals surface area (Å²) in [7, 11) is 0. The van der Waals surface area contributed by atoms with Crippen molar-refractivity contribution in [3.63, 3.8) is 0 Å². The molecule has 0 saturated carbocycles. The second kappa shape index (κ2) is 5.95. The number of nitrogens with zero attached hydrogens (tertiary/aromatic N) is 2. The van der Waals surface area contributed by atoms with Gasteiger partial charge >= 0.3 is 0 Å². The van der Waals surface area contributed by atoms with Crippen molar-refractivity contribution in [2.75, 3.05) is 18.0 Å². The summed E-state index contributed by atoms with van der Waals surface area (Å²) in [5, 5.41) is 3.26. The lowest BCUT2D eigenvalue weighted by molar-refractivity contribution is -0.118. The van der Waals surface area contributed by atoms with Crippen molar-refractivity contribution >= 4 is 34.8 Å². The third-order valence-corrected chi connectivity index (χ3v) is 3.28. The summed E-state index contributed by atoms with van der Waals surface area (Å²) >= 11 is 1.21. The lowest BCUT2D eigenvalue weighted by Crippen LogP contribution is -2.28. The zero-order chi connectivity index (χ0) is 14.7. The molecule has 0 aliphatic rings. The first-order valence-corrected chi connectivity index (χ1v) is 7.09. The number of nitrogens with two attached hydrogens (primary N) is 1. The van der Waals surface area contributed by atoms with Gasteiger partial charge in [-0.25, -0.2) is 4.98 Å². The molecule has 0 aliphatic carbocycles. The second-order valence-corrected chi connectivity index (χ2v) is 5.64. The summed E-state index contributed by atoms with van der Waals surface area (Å²) in [6, 6.07) is 0. The highest BCUT2D eigenvalue weighted by molar-refractivity contribution is 7.99. The first kappa shape index (κ1) is 14.4. The fourth-order valence-electron chi connectivity index (χ4n) is 1.47. The number of nitrogen functional groups attached to an aromatic ring is 1. The Kier molecular flexibility index (Phi) is 4.28. The summed E-state index contributed by atoms with van der Waals surface area (Å²) in [6.45, 7) is 4.68. The first-order valence-electron chi connectivity index (χ1n) is 6.10. The van der Waals surface area contributed by atoms with E-state index in [2.05, 4.69) is 25.3 Å². The van der Waals surface area contributed by atoms with E-state index in [0.717, 1.165) is 0 Å². The number of amides is 1. The van der Waals surface area contributed by atoms with Crippen LogP contribution in [0.25, 0.3) is 11.2 Å². The molecule has 108 valence electrons. The normalized spacial score (nSPS) is 11.2. The van der Waals surface area contributed by atoms with Gasteiger partial charge in [-0.2, -0.15) is 4.98 Å². The number of imidazole rings is 1. The highest BCUT2D eigenvalue weighted by Crippen LogP contribution is 2.16. The SMILES string of the molecule is CC(C)CNC(=O)CSc1nc2nc(N)[nH]c(=O)c2[nH]1. The smallest absolute Gasteiger partial charge is 0.278 e. The third kappa shape index (κ3) is 3.50. The zero-order valence-corrected chi connectivity index (χ0v) is 12.0.